The third kappa shape index (κ3) is 5.01. The number of hydrogen-bond acceptors (Lipinski definition) is 6. The molecule has 9 nitrogen and oxygen atoms in total. The molecule has 0 aromatic heterocycles. The standard InChI is InChI=1S/C19H19ClN4O5/c1-12(25)21-13-2-4-17(16(20)10-13)22-19(26)15-11-14(24(27)28)3-5-18(15)23-6-8-29-9-7-23/h2-5,10-11H,6-9H2,1H3,(H,21,25)(H,22,26). The fourth-order valence-electron chi connectivity index (χ4n) is 2.99. The zero-order valence-corrected chi connectivity index (χ0v) is 16.4. The molecule has 0 saturated carbocycles. The number of carbonyl (C=O) groups is 2. The summed E-state index contributed by atoms with van der Waals surface area (Å²) in [6, 6.07) is 8.85. The van der Waals surface area contributed by atoms with E-state index in [1.807, 2.05) is 4.90 Å². The number of benzene rings is 2. The average molecular weight is 419 g/mol. The van der Waals surface area contributed by atoms with Gasteiger partial charge in [0.25, 0.3) is 11.6 Å². The van der Waals surface area contributed by atoms with Crippen LogP contribution in [0.2, 0.25) is 5.02 Å². The monoisotopic (exact) mass is 418 g/mol. The maximum Gasteiger partial charge on any atom is 0.270 e. The van der Waals surface area contributed by atoms with Crippen molar-refractivity contribution in [2.75, 3.05) is 41.8 Å². The van der Waals surface area contributed by atoms with Crippen molar-refractivity contribution >= 4 is 46.2 Å². The SMILES string of the molecule is CC(=O)Nc1ccc(NC(=O)c2cc([N+](=O)[O-])ccc2N2CCOCC2)c(Cl)c1. The van der Waals surface area contributed by atoms with Crippen LogP contribution in [0.1, 0.15) is 17.3 Å². The molecule has 2 N–H and O–H groups in total. The summed E-state index contributed by atoms with van der Waals surface area (Å²) in [6.45, 7) is 3.54. The van der Waals surface area contributed by atoms with Gasteiger partial charge in [0.05, 0.1) is 40.1 Å². The summed E-state index contributed by atoms with van der Waals surface area (Å²) >= 11 is 6.21. The van der Waals surface area contributed by atoms with Crippen molar-refractivity contribution in [2.45, 2.75) is 6.92 Å². The van der Waals surface area contributed by atoms with Crippen molar-refractivity contribution in [1.82, 2.24) is 0 Å². The Labute approximate surface area is 171 Å². The van der Waals surface area contributed by atoms with Crippen LogP contribution >= 0.6 is 11.6 Å². The van der Waals surface area contributed by atoms with E-state index < -0.39 is 10.8 Å². The molecular formula is C19H19ClN4O5. The molecule has 10 heteroatoms. The van der Waals surface area contributed by atoms with Crippen LogP contribution in [0.3, 0.4) is 0 Å². The molecular weight excluding hydrogens is 400 g/mol. The van der Waals surface area contributed by atoms with Gasteiger partial charge in [0.2, 0.25) is 5.91 Å². The second kappa shape index (κ2) is 8.89. The Hall–Kier alpha value is -3.17. The number of rotatable bonds is 5. The minimum atomic E-state index is -0.547. The number of nitrogens with zero attached hydrogens (tertiary/aromatic N) is 2. The number of amides is 2. The van der Waals surface area contributed by atoms with E-state index in [4.69, 9.17) is 16.3 Å². The van der Waals surface area contributed by atoms with Crippen molar-refractivity contribution in [3.05, 3.63) is 57.1 Å². The summed E-state index contributed by atoms with van der Waals surface area (Å²) < 4.78 is 5.34. The Morgan fingerprint density at radius 1 is 1.14 bits per heavy atom. The van der Waals surface area contributed by atoms with Gasteiger partial charge in [-0.1, -0.05) is 11.6 Å². The van der Waals surface area contributed by atoms with E-state index >= 15 is 0 Å². The number of nitro groups is 1. The zero-order chi connectivity index (χ0) is 21.0. The van der Waals surface area contributed by atoms with E-state index in [0.29, 0.717) is 43.4 Å². The van der Waals surface area contributed by atoms with Gasteiger partial charge in [-0.15, -0.1) is 0 Å². The summed E-state index contributed by atoms with van der Waals surface area (Å²) in [5.74, 6) is -0.769. The van der Waals surface area contributed by atoms with E-state index in [0.717, 1.165) is 0 Å². The normalized spacial score (nSPS) is 13.7. The van der Waals surface area contributed by atoms with E-state index in [9.17, 15) is 19.7 Å². The molecule has 1 saturated heterocycles. The largest absolute Gasteiger partial charge is 0.378 e. The smallest absolute Gasteiger partial charge is 0.270 e. The number of hydrogen-bond donors (Lipinski definition) is 2. The van der Waals surface area contributed by atoms with Crippen LogP contribution in [0.15, 0.2) is 36.4 Å². The zero-order valence-electron chi connectivity index (χ0n) is 15.6. The van der Waals surface area contributed by atoms with Gasteiger partial charge in [-0.25, -0.2) is 0 Å². The average Bonchev–Trinajstić information content (AvgIpc) is 2.69. The number of non-ortho nitro benzene ring substituents is 1. The first-order valence-corrected chi connectivity index (χ1v) is 9.22. The molecule has 2 aromatic carbocycles. The van der Waals surface area contributed by atoms with Gasteiger partial charge in [0, 0.05) is 37.8 Å². The van der Waals surface area contributed by atoms with Crippen molar-refractivity contribution in [1.29, 1.82) is 0 Å². The van der Waals surface area contributed by atoms with Crippen LogP contribution in [-0.2, 0) is 9.53 Å². The van der Waals surface area contributed by atoms with Crippen LogP contribution in [-0.4, -0.2) is 43.0 Å². The third-order valence-corrected chi connectivity index (χ3v) is 4.64. The maximum absolute atomic E-state index is 12.9. The summed E-state index contributed by atoms with van der Waals surface area (Å²) in [7, 11) is 0. The minimum absolute atomic E-state index is 0.170. The Balaban J connectivity index is 1.90. The summed E-state index contributed by atoms with van der Waals surface area (Å²) in [4.78, 5) is 36.7. The van der Waals surface area contributed by atoms with Crippen molar-refractivity contribution < 1.29 is 19.2 Å². The number of ether oxygens (including phenoxy) is 1. The second-order valence-electron chi connectivity index (χ2n) is 6.39. The molecule has 2 aromatic rings. The molecule has 0 unspecified atom stereocenters. The molecule has 29 heavy (non-hydrogen) atoms. The molecule has 2 amide bonds. The fourth-order valence-corrected chi connectivity index (χ4v) is 3.21. The molecule has 0 aliphatic carbocycles. The molecule has 1 aliphatic heterocycles. The first kappa shape index (κ1) is 20.6. The molecule has 1 fully saturated rings. The topological polar surface area (TPSA) is 114 Å². The molecule has 0 spiro atoms. The molecule has 1 aliphatic rings. The highest BCUT2D eigenvalue weighted by Crippen LogP contribution is 2.30. The lowest BCUT2D eigenvalue weighted by atomic mass is 10.1. The number of morpholine rings is 1. The van der Waals surface area contributed by atoms with Gasteiger partial charge in [-0.2, -0.15) is 0 Å². The highest BCUT2D eigenvalue weighted by molar-refractivity contribution is 6.34. The lowest BCUT2D eigenvalue weighted by Crippen LogP contribution is -2.37. The quantitative estimate of drug-likeness (QED) is 0.568. The first-order chi connectivity index (χ1) is 13.8. The van der Waals surface area contributed by atoms with E-state index in [2.05, 4.69) is 10.6 Å². The highest BCUT2D eigenvalue weighted by atomic mass is 35.5. The maximum atomic E-state index is 12.9. The molecule has 152 valence electrons. The number of halogens is 1. The Bertz CT molecular complexity index is 960. The van der Waals surface area contributed by atoms with Gasteiger partial charge in [0.15, 0.2) is 0 Å². The number of nitro benzene ring substituents is 1. The molecule has 0 bridgehead atoms. The van der Waals surface area contributed by atoms with Crippen molar-refractivity contribution in [3.63, 3.8) is 0 Å². The van der Waals surface area contributed by atoms with Gasteiger partial charge >= 0.3 is 0 Å². The van der Waals surface area contributed by atoms with Crippen LogP contribution in [0.5, 0.6) is 0 Å². The summed E-state index contributed by atoms with van der Waals surface area (Å²) in [5, 5.41) is 16.7. The van der Waals surface area contributed by atoms with Gasteiger partial charge < -0.3 is 20.3 Å². The van der Waals surface area contributed by atoms with Crippen molar-refractivity contribution in [2.24, 2.45) is 0 Å². The van der Waals surface area contributed by atoms with Gasteiger partial charge in [0.1, 0.15) is 0 Å². The fraction of sp³-hybridized carbons (Fsp3) is 0.263. The first-order valence-electron chi connectivity index (χ1n) is 8.85. The predicted molar refractivity (Wildman–Crippen MR) is 110 cm³/mol. The molecule has 1 heterocycles. The predicted octanol–water partition coefficient (Wildman–Crippen LogP) is 3.30. The van der Waals surface area contributed by atoms with E-state index in [1.165, 1.54) is 25.1 Å². The van der Waals surface area contributed by atoms with Gasteiger partial charge in [-0.3, -0.25) is 19.7 Å². The third-order valence-electron chi connectivity index (χ3n) is 4.33. The van der Waals surface area contributed by atoms with Crippen LogP contribution < -0.4 is 15.5 Å². The molecule has 3 rings (SSSR count). The number of carbonyl (C=O) groups excluding carboxylic acids is 2. The van der Waals surface area contributed by atoms with E-state index in [-0.39, 0.29) is 22.2 Å². The molecule has 0 radical (unpaired) electrons. The van der Waals surface area contributed by atoms with Crippen molar-refractivity contribution in [3.8, 4) is 0 Å². The number of anilines is 3. The van der Waals surface area contributed by atoms with Crippen LogP contribution in [0.4, 0.5) is 22.7 Å². The summed E-state index contributed by atoms with van der Waals surface area (Å²) in [6.07, 6.45) is 0. The van der Waals surface area contributed by atoms with Crippen LogP contribution in [0.25, 0.3) is 0 Å². The van der Waals surface area contributed by atoms with Gasteiger partial charge in [-0.05, 0) is 24.3 Å². The van der Waals surface area contributed by atoms with Crippen LogP contribution in [0, 0.1) is 10.1 Å². The summed E-state index contributed by atoms with van der Waals surface area (Å²) in [5.41, 5.74) is 1.39. The minimum Gasteiger partial charge on any atom is -0.378 e. The second-order valence-corrected chi connectivity index (χ2v) is 6.80. The lowest BCUT2D eigenvalue weighted by Gasteiger charge is -2.30. The van der Waals surface area contributed by atoms with E-state index in [1.54, 1.807) is 18.2 Å². The Morgan fingerprint density at radius 2 is 1.86 bits per heavy atom. The Kier molecular flexibility index (Phi) is 6.30. The number of nitrogens with one attached hydrogen (secondary N) is 2. The highest BCUT2D eigenvalue weighted by Gasteiger charge is 2.22. The lowest BCUT2D eigenvalue weighted by molar-refractivity contribution is -0.384. The molecule has 0 atom stereocenters. The Morgan fingerprint density at radius 3 is 2.48 bits per heavy atom.